The molecule has 4 rings (SSSR count). The molecule has 8 heteroatoms. The lowest BCUT2D eigenvalue weighted by molar-refractivity contribution is 0.195. The van der Waals surface area contributed by atoms with Gasteiger partial charge in [0.2, 0.25) is 0 Å². The number of aliphatic hydroxyl groups is 1. The fourth-order valence-electron chi connectivity index (χ4n) is 4.11. The molecule has 1 aliphatic heterocycles. The fraction of sp³-hybridized carbons (Fsp3) is 0.476. The Morgan fingerprint density at radius 2 is 1.69 bits per heavy atom. The summed E-state index contributed by atoms with van der Waals surface area (Å²) in [6.45, 7) is 3.38. The van der Waals surface area contributed by atoms with Gasteiger partial charge >= 0.3 is 5.69 Å². The van der Waals surface area contributed by atoms with Crippen LogP contribution in [0.3, 0.4) is 0 Å². The minimum Gasteiger partial charge on any atom is -0.380 e. The lowest BCUT2D eigenvalue weighted by atomic mass is 10.1. The fourth-order valence-corrected chi connectivity index (χ4v) is 4.11. The molecule has 2 aromatic heterocycles. The number of rotatable bonds is 5. The van der Waals surface area contributed by atoms with E-state index < -0.39 is 11.8 Å². The molecule has 0 aliphatic carbocycles. The summed E-state index contributed by atoms with van der Waals surface area (Å²) in [6, 6.07) is 9.25. The third-order valence-electron chi connectivity index (χ3n) is 5.83. The molecule has 0 bridgehead atoms. The van der Waals surface area contributed by atoms with E-state index in [1.54, 1.807) is 11.6 Å². The van der Waals surface area contributed by atoms with Gasteiger partial charge in [-0.1, -0.05) is 36.8 Å². The maximum absolute atomic E-state index is 12.9. The van der Waals surface area contributed by atoms with E-state index in [0.717, 1.165) is 24.2 Å². The van der Waals surface area contributed by atoms with Crippen LogP contribution in [0.25, 0.3) is 11.2 Å². The van der Waals surface area contributed by atoms with Crippen molar-refractivity contribution in [2.75, 3.05) is 19.6 Å². The number of imidazole rings is 1. The van der Waals surface area contributed by atoms with Crippen molar-refractivity contribution in [3.8, 4) is 0 Å². The summed E-state index contributed by atoms with van der Waals surface area (Å²) in [6.07, 6.45) is 2.64. The molecule has 1 atom stereocenters. The van der Waals surface area contributed by atoms with Gasteiger partial charge in [-0.15, -0.1) is 0 Å². The van der Waals surface area contributed by atoms with Crippen molar-refractivity contribution in [1.82, 2.24) is 23.6 Å². The van der Waals surface area contributed by atoms with Crippen molar-refractivity contribution in [3.63, 3.8) is 0 Å². The molecule has 0 spiro atoms. The first kappa shape index (κ1) is 19.6. The molecule has 29 heavy (non-hydrogen) atoms. The van der Waals surface area contributed by atoms with Crippen LogP contribution in [0.5, 0.6) is 0 Å². The highest BCUT2D eigenvalue weighted by atomic mass is 16.3. The number of aryl methyl sites for hydroxylation is 1. The molecule has 1 aromatic carbocycles. The van der Waals surface area contributed by atoms with Gasteiger partial charge in [0.25, 0.3) is 5.56 Å². The molecule has 0 radical (unpaired) electrons. The maximum Gasteiger partial charge on any atom is 0.332 e. The number of benzene rings is 1. The number of piperidine rings is 1. The third kappa shape index (κ3) is 3.54. The highest BCUT2D eigenvalue weighted by molar-refractivity contribution is 5.71. The lowest BCUT2D eigenvalue weighted by Crippen LogP contribution is -2.38. The van der Waals surface area contributed by atoms with Gasteiger partial charge in [-0.2, -0.15) is 0 Å². The Balaban J connectivity index is 1.84. The van der Waals surface area contributed by atoms with E-state index in [4.69, 9.17) is 0 Å². The van der Waals surface area contributed by atoms with Gasteiger partial charge in [0.15, 0.2) is 11.2 Å². The Morgan fingerprint density at radius 1 is 1.00 bits per heavy atom. The Morgan fingerprint density at radius 3 is 2.38 bits per heavy atom. The summed E-state index contributed by atoms with van der Waals surface area (Å²) >= 11 is 0. The molecular weight excluding hydrogens is 370 g/mol. The quantitative estimate of drug-likeness (QED) is 0.694. The van der Waals surface area contributed by atoms with Crippen molar-refractivity contribution in [2.45, 2.75) is 31.9 Å². The monoisotopic (exact) mass is 397 g/mol. The van der Waals surface area contributed by atoms with E-state index in [0.29, 0.717) is 29.1 Å². The first-order valence-electron chi connectivity index (χ1n) is 10.1. The number of aromatic nitrogens is 4. The first-order valence-corrected chi connectivity index (χ1v) is 10.1. The zero-order chi connectivity index (χ0) is 20.5. The van der Waals surface area contributed by atoms with Gasteiger partial charge in [-0.25, -0.2) is 9.78 Å². The average Bonchev–Trinajstić information content (AvgIpc) is 3.15. The van der Waals surface area contributed by atoms with Crippen LogP contribution in [0.15, 0.2) is 39.9 Å². The molecule has 0 saturated carbocycles. The molecule has 1 saturated heterocycles. The molecule has 3 aromatic rings. The Bertz CT molecular complexity index is 1120. The number of aliphatic hydroxyl groups excluding tert-OH is 1. The molecule has 154 valence electrons. The molecule has 8 nitrogen and oxygen atoms in total. The Labute approximate surface area is 168 Å². The van der Waals surface area contributed by atoms with Gasteiger partial charge in [-0.3, -0.25) is 13.9 Å². The molecule has 1 fully saturated rings. The standard InChI is InChI=1S/C21H27N5O3/c1-23-18-16(20(28)24(2)21(23)29)26(14-13-25-11-7-4-8-12-25)19(22-18)17(27)15-9-5-3-6-10-15/h3,5-6,9-10,17,27H,4,7-8,11-14H2,1-2H3. The smallest absolute Gasteiger partial charge is 0.332 e. The van der Waals surface area contributed by atoms with Crippen molar-refractivity contribution >= 4 is 11.2 Å². The molecule has 1 unspecified atom stereocenters. The number of hydrogen-bond donors (Lipinski definition) is 1. The van der Waals surface area contributed by atoms with Crippen LogP contribution in [0.1, 0.15) is 36.8 Å². The van der Waals surface area contributed by atoms with Crippen LogP contribution in [0.4, 0.5) is 0 Å². The van der Waals surface area contributed by atoms with Crippen molar-refractivity contribution in [3.05, 3.63) is 62.6 Å². The molecule has 0 amide bonds. The largest absolute Gasteiger partial charge is 0.380 e. The number of hydrogen-bond acceptors (Lipinski definition) is 5. The highest BCUT2D eigenvalue weighted by Gasteiger charge is 2.24. The van der Waals surface area contributed by atoms with E-state index in [-0.39, 0.29) is 5.56 Å². The van der Waals surface area contributed by atoms with E-state index in [2.05, 4.69) is 9.88 Å². The van der Waals surface area contributed by atoms with Crippen LogP contribution in [0, 0.1) is 0 Å². The molecular formula is C21H27N5O3. The minimum atomic E-state index is -0.982. The number of fused-ring (bicyclic) bond motifs is 1. The molecule has 1 N–H and O–H groups in total. The SMILES string of the molecule is Cn1c(=O)c2c(nc(C(O)c3ccccc3)n2CCN2CCCCC2)n(C)c1=O. The summed E-state index contributed by atoms with van der Waals surface area (Å²) in [4.78, 5) is 32.2. The van der Waals surface area contributed by atoms with E-state index in [1.165, 1.54) is 30.9 Å². The second kappa shape index (κ2) is 7.96. The summed E-state index contributed by atoms with van der Waals surface area (Å²) < 4.78 is 4.26. The summed E-state index contributed by atoms with van der Waals surface area (Å²) in [5.41, 5.74) is 0.548. The zero-order valence-electron chi connectivity index (χ0n) is 16.9. The van der Waals surface area contributed by atoms with Crippen LogP contribution in [0.2, 0.25) is 0 Å². The van der Waals surface area contributed by atoms with E-state index in [9.17, 15) is 14.7 Å². The van der Waals surface area contributed by atoms with Gasteiger partial charge in [0.1, 0.15) is 11.9 Å². The predicted octanol–water partition coefficient (Wildman–Crippen LogP) is 1.00. The predicted molar refractivity (Wildman–Crippen MR) is 111 cm³/mol. The summed E-state index contributed by atoms with van der Waals surface area (Å²) in [5, 5.41) is 11.0. The third-order valence-corrected chi connectivity index (χ3v) is 5.83. The van der Waals surface area contributed by atoms with Crippen molar-refractivity contribution < 1.29 is 5.11 Å². The highest BCUT2D eigenvalue weighted by Crippen LogP contribution is 2.24. The second-order valence-corrected chi connectivity index (χ2v) is 7.72. The number of nitrogens with zero attached hydrogens (tertiary/aromatic N) is 5. The van der Waals surface area contributed by atoms with Crippen LogP contribution in [-0.4, -0.2) is 48.3 Å². The van der Waals surface area contributed by atoms with Gasteiger partial charge in [-0.05, 0) is 31.5 Å². The average molecular weight is 397 g/mol. The summed E-state index contributed by atoms with van der Waals surface area (Å²) in [7, 11) is 3.07. The lowest BCUT2D eigenvalue weighted by Gasteiger charge is -2.27. The van der Waals surface area contributed by atoms with Gasteiger partial charge < -0.3 is 14.6 Å². The minimum absolute atomic E-state index is 0.307. The topological polar surface area (TPSA) is 85.3 Å². The second-order valence-electron chi connectivity index (χ2n) is 7.72. The van der Waals surface area contributed by atoms with Gasteiger partial charge in [0.05, 0.1) is 0 Å². The normalized spacial score (nSPS) is 16.4. The Kier molecular flexibility index (Phi) is 5.38. The van der Waals surface area contributed by atoms with Crippen molar-refractivity contribution in [2.24, 2.45) is 14.1 Å². The first-order chi connectivity index (χ1) is 14.0. The Hall–Kier alpha value is -2.71. The van der Waals surface area contributed by atoms with Crippen LogP contribution in [-0.2, 0) is 20.6 Å². The summed E-state index contributed by atoms with van der Waals surface area (Å²) in [5.74, 6) is 0.390. The maximum atomic E-state index is 12.9. The molecule has 3 heterocycles. The van der Waals surface area contributed by atoms with Crippen molar-refractivity contribution in [1.29, 1.82) is 0 Å². The molecule has 1 aliphatic rings. The van der Waals surface area contributed by atoms with Crippen LogP contribution >= 0.6 is 0 Å². The van der Waals surface area contributed by atoms with Crippen LogP contribution < -0.4 is 11.2 Å². The van der Waals surface area contributed by atoms with E-state index in [1.807, 2.05) is 30.3 Å². The number of likely N-dealkylation sites (tertiary alicyclic amines) is 1. The van der Waals surface area contributed by atoms with Gasteiger partial charge in [0, 0.05) is 27.2 Å². The van der Waals surface area contributed by atoms with E-state index >= 15 is 0 Å². The zero-order valence-corrected chi connectivity index (χ0v) is 16.9.